The third-order valence-electron chi connectivity index (χ3n) is 4.10. The zero-order chi connectivity index (χ0) is 12.8. The number of carbonyl (C=O) groups excluding carboxylic acids is 1. The molecule has 3 nitrogen and oxygen atoms in total. The van der Waals surface area contributed by atoms with E-state index >= 15 is 0 Å². The van der Waals surface area contributed by atoms with Gasteiger partial charge in [0.1, 0.15) is 6.61 Å². The summed E-state index contributed by atoms with van der Waals surface area (Å²) in [4.78, 5) is 11.9. The number of ether oxygens (including phenoxy) is 1. The van der Waals surface area contributed by atoms with Crippen LogP contribution in [0.3, 0.4) is 0 Å². The molecule has 0 aromatic rings. The molecule has 0 spiro atoms. The van der Waals surface area contributed by atoms with Crippen molar-refractivity contribution in [2.45, 2.75) is 68.8 Å². The predicted molar refractivity (Wildman–Crippen MR) is 75.9 cm³/mol. The second-order valence-electron chi connectivity index (χ2n) is 5.45. The van der Waals surface area contributed by atoms with Crippen LogP contribution in [0.2, 0.25) is 0 Å². The molecule has 0 heterocycles. The lowest BCUT2D eigenvalue weighted by Gasteiger charge is -2.31. The second-order valence-corrected chi connectivity index (χ2v) is 6.53. The van der Waals surface area contributed by atoms with Gasteiger partial charge in [-0.25, -0.2) is 0 Å². The van der Waals surface area contributed by atoms with Gasteiger partial charge in [-0.2, -0.15) is 11.8 Å². The largest absolute Gasteiger partial charge is 0.368 e. The van der Waals surface area contributed by atoms with Crippen LogP contribution < -0.4 is 5.32 Å². The van der Waals surface area contributed by atoms with E-state index in [0.717, 1.165) is 19.3 Å². The van der Waals surface area contributed by atoms with E-state index in [0.29, 0.717) is 17.4 Å². The summed E-state index contributed by atoms with van der Waals surface area (Å²) in [6, 6.07) is 0.355. The number of nitrogens with one attached hydrogen (secondary N) is 1. The van der Waals surface area contributed by atoms with Crippen molar-refractivity contribution in [1.29, 1.82) is 0 Å². The normalized spacial score (nSPS) is 29.4. The van der Waals surface area contributed by atoms with Crippen molar-refractivity contribution in [2.75, 3.05) is 12.9 Å². The zero-order valence-corrected chi connectivity index (χ0v) is 12.1. The molecule has 2 unspecified atom stereocenters. The molecular formula is C14H25NO2S. The van der Waals surface area contributed by atoms with Crippen molar-refractivity contribution >= 4 is 17.7 Å². The molecule has 2 fully saturated rings. The van der Waals surface area contributed by atoms with Crippen LogP contribution in [0.1, 0.15) is 51.4 Å². The Morgan fingerprint density at radius 2 is 1.83 bits per heavy atom. The van der Waals surface area contributed by atoms with E-state index in [2.05, 4.69) is 11.6 Å². The maximum Gasteiger partial charge on any atom is 0.246 e. The summed E-state index contributed by atoms with van der Waals surface area (Å²) in [7, 11) is 0. The Bertz CT molecular complexity index is 267. The molecule has 0 saturated heterocycles. The fourth-order valence-corrected chi connectivity index (χ4v) is 3.98. The highest BCUT2D eigenvalue weighted by Crippen LogP contribution is 2.27. The van der Waals surface area contributed by atoms with E-state index in [1.807, 2.05) is 11.8 Å². The molecule has 0 aliphatic heterocycles. The molecule has 0 bridgehead atoms. The summed E-state index contributed by atoms with van der Waals surface area (Å²) in [5.74, 6) is 0.0767. The van der Waals surface area contributed by atoms with Crippen LogP contribution in [0.25, 0.3) is 0 Å². The van der Waals surface area contributed by atoms with Gasteiger partial charge in [0, 0.05) is 11.3 Å². The third kappa shape index (κ3) is 4.16. The van der Waals surface area contributed by atoms with Crippen LogP contribution in [-0.4, -0.2) is 36.2 Å². The van der Waals surface area contributed by atoms with Crippen LogP contribution in [0.5, 0.6) is 0 Å². The maximum atomic E-state index is 11.9. The van der Waals surface area contributed by atoms with Gasteiger partial charge in [0.15, 0.2) is 0 Å². The van der Waals surface area contributed by atoms with E-state index in [-0.39, 0.29) is 12.5 Å². The van der Waals surface area contributed by atoms with E-state index in [4.69, 9.17) is 4.74 Å². The lowest BCUT2D eigenvalue weighted by Crippen LogP contribution is -2.45. The van der Waals surface area contributed by atoms with Crippen LogP contribution >= 0.6 is 11.8 Å². The first-order chi connectivity index (χ1) is 8.79. The highest BCUT2D eigenvalue weighted by Gasteiger charge is 2.26. The fourth-order valence-electron chi connectivity index (χ4n) is 3.04. The lowest BCUT2D eigenvalue weighted by molar-refractivity contribution is -0.128. The average molecular weight is 271 g/mol. The van der Waals surface area contributed by atoms with Gasteiger partial charge in [0.25, 0.3) is 0 Å². The quantitative estimate of drug-likeness (QED) is 0.835. The molecule has 2 aliphatic carbocycles. The summed E-state index contributed by atoms with van der Waals surface area (Å²) < 4.78 is 5.66. The molecule has 104 valence electrons. The smallest absolute Gasteiger partial charge is 0.246 e. The number of amides is 1. The molecule has 0 aromatic heterocycles. The zero-order valence-electron chi connectivity index (χ0n) is 11.3. The Morgan fingerprint density at radius 1 is 1.17 bits per heavy atom. The molecule has 1 amide bonds. The molecule has 2 rings (SSSR count). The van der Waals surface area contributed by atoms with Crippen LogP contribution in [0.4, 0.5) is 0 Å². The van der Waals surface area contributed by atoms with Crippen molar-refractivity contribution in [2.24, 2.45) is 0 Å². The molecular weight excluding hydrogens is 246 g/mol. The minimum atomic E-state index is 0.0767. The van der Waals surface area contributed by atoms with E-state index in [1.165, 1.54) is 32.1 Å². The molecule has 2 saturated carbocycles. The van der Waals surface area contributed by atoms with Gasteiger partial charge in [0.2, 0.25) is 5.91 Å². The summed E-state index contributed by atoms with van der Waals surface area (Å²) in [5.41, 5.74) is 0. The van der Waals surface area contributed by atoms with E-state index < -0.39 is 0 Å². The van der Waals surface area contributed by atoms with E-state index in [9.17, 15) is 4.79 Å². The Labute approximate surface area is 114 Å². The van der Waals surface area contributed by atoms with Crippen LogP contribution in [0, 0.1) is 0 Å². The first-order valence-electron chi connectivity index (χ1n) is 7.23. The van der Waals surface area contributed by atoms with Crippen molar-refractivity contribution in [1.82, 2.24) is 5.32 Å². The monoisotopic (exact) mass is 271 g/mol. The minimum Gasteiger partial charge on any atom is -0.368 e. The summed E-state index contributed by atoms with van der Waals surface area (Å²) in [6.07, 6.45) is 12.1. The number of rotatable bonds is 5. The molecule has 2 aliphatic rings. The molecule has 2 atom stereocenters. The highest BCUT2D eigenvalue weighted by molar-refractivity contribution is 7.99. The second kappa shape index (κ2) is 7.39. The average Bonchev–Trinajstić information content (AvgIpc) is 2.90. The van der Waals surface area contributed by atoms with Gasteiger partial charge in [0.05, 0.1) is 6.10 Å². The molecule has 0 aromatic carbocycles. The van der Waals surface area contributed by atoms with Crippen molar-refractivity contribution in [3.8, 4) is 0 Å². The standard InChI is InChI=1S/C14H25NO2S/c1-18-13-9-5-4-8-12(13)15-14(16)10-17-11-6-2-3-7-11/h11-13H,2-10H2,1H3,(H,15,16). The van der Waals surface area contributed by atoms with Crippen molar-refractivity contribution in [3.63, 3.8) is 0 Å². The van der Waals surface area contributed by atoms with E-state index in [1.54, 1.807) is 0 Å². The Hall–Kier alpha value is -0.220. The molecule has 1 N–H and O–H groups in total. The minimum absolute atomic E-state index is 0.0767. The van der Waals surface area contributed by atoms with Crippen LogP contribution in [0.15, 0.2) is 0 Å². The van der Waals surface area contributed by atoms with Gasteiger partial charge in [-0.3, -0.25) is 4.79 Å². The summed E-state index contributed by atoms with van der Waals surface area (Å²) in [6.45, 7) is 0.252. The topological polar surface area (TPSA) is 38.3 Å². The fraction of sp³-hybridized carbons (Fsp3) is 0.929. The SMILES string of the molecule is CSC1CCCCC1NC(=O)COC1CCCC1. The summed E-state index contributed by atoms with van der Waals surface area (Å²) >= 11 is 1.88. The third-order valence-corrected chi connectivity index (χ3v) is 5.27. The molecule has 18 heavy (non-hydrogen) atoms. The van der Waals surface area contributed by atoms with Gasteiger partial charge in [-0.05, 0) is 31.9 Å². The van der Waals surface area contributed by atoms with Gasteiger partial charge >= 0.3 is 0 Å². The van der Waals surface area contributed by atoms with Gasteiger partial charge in [-0.15, -0.1) is 0 Å². The molecule has 4 heteroatoms. The number of carbonyl (C=O) groups is 1. The van der Waals surface area contributed by atoms with Crippen LogP contribution in [-0.2, 0) is 9.53 Å². The predicted octanol–water partition coefficient (Wildman–Crippen LogP) is 2.74. The number of thioether (sulfide) groups is 1. The lowest BCUT2D eigenvalue weighted by atomic mass is 9.95. The first kappa shape index (κ1) is 14.2. The first-order valence-corrected chi connectivity index (χ1v) is 8.52. The highest BCUT2D eigenvalue weighted by atomic mass is 32.2. The summed E-state index contributed by atoms with van der Waals surface area (Å²) in [5, 5.41) is 3.75. The van der Waals surface area contributed by atoms with Crippen molar-refractivity contribution in [3.05, 3.63) is 0 Å². The molecule has 0 radical (unpaired) electrons. The van der Waals surface area contributed by atoms with Gasteiger partial charge in [-0.1, -0.05) is 25.7 Å². The number of hydrogen-bond acceptors (Lipinski definition) is 3. The Kier molecular flexibility index (Phi) is 5.83. The Balaban J connectivity index is 1.68. The van der Waals surface area contributed by atoms with Crippen molar-refractivity contribution < 1.29 is 9.53 Å². The van der Waals surface area contributed by atoms with Gasteiger partial charge < -0.3 is 10.1 Å². The Morgan fingerprint density at radius 3 is 2.56 bits per heavy atom. The number of hydrogen-bond donors (Lipinski definition) is 1. The maximum absolute atomic E-state index is 11.9.